The summed E-state index contributed by atoms with van der Waals surface area (Å²) in [6.07, 6.45) is 8.85. The summed E-state index contributed by atoms with van der Waals surface area (Å²) in [5.41, 5.74) is 0.0497. The Labute approximate surface area is 212 Å². The molecule has 1 aliphatic carbocycles. The van der Waals surface area contributed by atoms with E-state index in [9.17, 15) is 19.5 Å². The lowest BCUT2D eigenvalue weighted by molar-refractivity contribution is -0.160. The first-order valence-corrected chi connectivity index (χ1v) is 13.3. The van der Waals surface area contributed by atoms with Crippen LogP contribution in [-0.4, -0.2) is 58.7 Å². The minimum Gasteiger partial charge on any atom is -0.387 e. The van der Waals surface area contributed by atoms with E-state index in [0.717, 1.165) is 63.6 Å². The zero-order valence-corrected chi connectivity index (χ0v) is 20.9. The van der Waals surface area contributed by atoms with Gasteiger partial charge in [0.2, 0.25) is 5.91 Å². The monoisotopic (exact) mass is 492 g/mol. The van der Waals surface area contributed by atoms with Crippen molar-refractivity contribution < 1.29 is 19.4 Å². The van der Waals surface area contributed by atoms with Crippen molar-refractivity contribution in [2.24, 2.45) is 11.3 Å². The molecule has 2 saturated heterocycles. The second-order valence-electron chi connectivity index (χ2n) is 10.9. The fraction of sp³-hybridized carbons (Fsp3) is 0.552. The van der Waals surface area contributed by atoms with Gasteiger partial charge in [0.15, 0.2) is 6.29 Å². The van der Waals surface area contributed by atoms with Crippen molar-refractivity contribution in [2.75, 3.05) is 26.3 Å². The van der Waals surface area contributed by atoms with Crippen LogP contribution in [0.5, 0.6) is 0 Å². The average Bonchev–Trinajstić information content (AvgIpc) is 3.59. The van der Waals surface area contributed by atoms with Crippen LogP contribution in [0.15, 0.2) is 47.4 Å². The van der Waals surface area contributed by atoms with Gasteiger partial charge < -0.3 is 19.3 Å². The maximum Gasteiger partial charge on any atom is 0.251 e. The molecule has 1 aromatic heterocycles. The Morgan fingerprint density at radius 3 is 2.64 bits per heavy atom. The van der Waals surface area contributed by atoms with E-state index in [4.69, 9.17) is 4.74 Å². The van der Waals surface area contributed by atoms with E-state index in [1.165, 1.54) is 10.6 Å². The molecule has 0 radical (unpaired) electrons. The number of ether oxygens (including phenoxy) is 1. The molecule has 2 aromatic rings. The number of pyridine rings is 1. The quantitative estimate of drug-likeness (QED) is 0.596. The Hall–Kier alpha value is -2.77. The number of rotatable bonds is 7. The highest BCUT2D eigenvalue weighted by molar-refractivity contribution is 5.86. The summed E-state index contributed by atoms with van der Waals surface area (Å²) in [6, 6.07) is 10.9. The first kappa shape index (κ1) is 24.9. The number of aliphatic hydroxyl groups is 1. The van der Waals surface area contributed by atoms with Crippen molar-refractivity contribution in [1.29, 1.82) is 0 Å². The predicted octanol–water partition coefficient (Wildman–Crippen LogP) is 3.67. The number of carbonyl (C=O) groups excluding carboxylic acids is 2. The van der Waals surface area contributed by atoms with Gasteiger partial charge in [-0.1, -0.05) is 43.2 Å². The number of benzene rings is 1. The SMILES string of the molecule is O=Cc1cn(CC2(O)CCN(C(=O)CCC3CCOC3)CC23CCCC3)c(=O)cc1-c1ccccc1. The third-order valence-electron chi connectivity index (χ3n) is 8.78. The molecule has 1 N–H and O–H groups in total. The molecule has 2 aliphatic heterocycles. The maximum absolute atomic E-state index is 13.1. The summed E-state index contributed by atoms with van der Waals surface area (Å²) in [7, 11) is 0. The molecule has 2 atom stereocenters. The van der Waals surface area contributed by atoms with Gasteiger partial charge >= 0.3 is 0 Å². The smallest absolute Gasteiger partial charge is 0.251 e. The fourth-order valence-electron chi connectivity index (χ4n) is 6.57. The Morgan fingerprint density at radius 1 is 1.17 bits per heavy atom. The Kier molecular flexibility index (Phi) is 7.13. The number of piperidine rings is 1. The summed E-state index contributed by atoms with van der Waals surface area (Å²) in [4.78, 5) is 40.1. The number of amides is 1. The van der Waals surface area contributed by atoms with Crippen LogP contribution >= 0.6 is 0 Å². The van der Waals surface area contributed by atoms with Crippen LogP contribution in [0.3, 0.4) is 0 Å². The van der Waals surface area contributed by atoms with Crippen LogP contribution < -0.4 is 5.56 Å². The first-order valence-electron chi connectivity index (χ1n) is 13.3. The normalized spacial score (nSPS) is 25.4. The van der Waals surface area contributed by atoms with Crippen LogP contribution in [0, 0.1) is 11.3 Å². The molecule has 3 fully saturated rings. The van der Waals surface area contributed by atoms with Gasteiger partial charge in [-0.05, 0) is 49.1 Å². The first-order chi connectivity index (χ1) is 17.4. The Bertz CT molecular complexity index is 1150. The van der Waals surface area contributed by atoms with E-state index in [0.29, 0.717) is 43.0 Å². The van der Waals surface area contributed by atoms with Crippen molar-refractivity contribution >= 4 is 12.2 Å². The van der Waals surface area contributed by atoms with Crippen LogP contribution in [0.4, 0.5) is 0 Å². The van der Waals surface area contributed by atoms with E-state index in [1.54, 1.807) is 6.20 Å². The number of nitrogens with zero attached hydrogens (tertiary/aromatic N) is 2. The average molecular weight is 493 g/mol. The van der Waals surface area contributed by atoms with E-state index < -0.39 is 11.0 Å². The molecule has 0 bridgehead atoms. The van der Waals surface area contributed by atoms with Crippen LogP contribution in [-0.2, 0) is 16.1 Å². The molecule has 1 spiro atoms. The topological polar surface area (TPSA) is 88.8 Å². The molecule has 5 rings (SSSR count). The van der Waals surface area contributed by atoms with Gasteiger partial charge in [-0.15, -0.1) is 0 Å². The second-order valence-corrected chi connectivity index (χ2v) is 10.9. The number of hydrogen-bond acceptors (Lipinski definition) is 5. The molecule has 192 valence electrons. The second kappa shape index (κ2) is 10.3. The lowest BCUT2D eigenvalue weighted by atomic mass is 9.65. The highest BCUT2D eigenvalue weighted by Gasteiger charge is 2.55. The number of carbonyl (C=O) groups is 2. The summed E-state index contributed by atoms with van der Waals surface area (Å²) in [5, 5.41) is 12.0. The van der Waals surface area contributed by atoms with Crippen molar-refractivity contribution in [3.8, 4) is 11.1 Å². The molecule has 1 amide bonds. The lowest BCUT2D eigenvalue weighted by Crippen LogP contribution is -2.62. The predicted molar refractivity (Wildman–Crippen MR) is 137 cm³/mol. The van der Waals surface area contributed by atoms with Gasteiger partial charge in [0.1, 0.15) is 0 Å². The van der Waals surface area contributed by atoms with Crippen molar-refractivity contribution in [3.63, 3.8) is 0 Å². The molecule has 7 nitrogen and oxygen atoms in total. The van der Waals surface area contributed by atoms with Gasteiger partial charge in [-0.2, -0.15) is 0 Å². The Morgan fingerprint density at radius 2 is 1.94 bits per heavy atom. The molecule has 7 heteroatoms. The minimum absolute atomic E-state index is 0.128. The number of hydrogen-bond donors (Lipinski definition) is 1. The molecule has 3 heterocycles. The summed E-state index contributed by atoms with van der Waals surface area (Å²) >= 11 is 0. The third-order valence-corrected chi connectivity index (χ3v) is 8.78. The van der Waals surface area contributed by atoms with E-state index in [1.807, 2.05) is 35.2 Å². The molecule has 1 aromatic carbocycles. The van der Waals surface area contributed by atoms with E-state index in [2.05, 4.69) is 0 Å². The zero-order chi connectivity index (χ0) is 25.2. The summed E-state index contributed by atoms with van der Waals surface area (Å²) < 4.78 is 6.94. The van der Waals surface area contributed by atoms with Gasteiger partial charge in [0.25, 0.3) is 5.56 Å². The maximum atomic E-state index is 13.1. The zero-order valence-electron chi connectivity index (χ0n) is 20.9. The van der Waals surface area contributed by atoms with Gasteiger partial charge in [-0.3, -0.25) is 14.4 Å². The third kappa shape index (κ3) is 4.78. The van der Waals surface area contributed by atoms with Crippen molar-refractivity contribution in [2.45, 2.75) is 63.5 Å². The summed E-state index contributed by atoms with van der Waals surface area (Å²) in [6.45, 7) is 2.67. The number of aldehydes is 1. The van der Waals surface area contributed by atoms with Gasteiger partial charge in [0.05, 0.1) is 12.1 Å². The van der Waals surface area contributed by atoms with Crippen LogP contribution in [0.2, 0.25) is 0 Å². The molecule has 3 aliphatic rings. The highest BCUT2D eigenvalue weighted by atomic mass is 16.5. The minimum atomic E-state index is -1.11. The van der Waals surface area contributed by atoms with Gasteiger partial charge in [0, 0.05) is 56.0 Å². The van der Waals surface area contributed by atoms with Crippen LogP contribution in [0.25, 0.3) is 11.1 Å². The largest absolute Gasteiger partial charge is 0.387 e. The molecular formula is C29H36N2O5. The number of aromatic nitrogens is 1. The molecule has 36 heavy (non-hydrogen) atoms. The van der Waals surface area contributed by atoms with Crippen LogP contribution in [0.1, 0.15) is 61.7 Å². The highest BCUT2D eigenvalue weighted by Crippen LogP contribution is 2.51. The van der Waals surface area contributed by atoms with E-state index in [-0.39, 0.29) is 18.0 Å². The van der Waals surface area contributed by atoms with Crippen molar-refractivity contribution in [1.82, 2.24) is 9.47 Å². The standard InChI is InChI=1S/C29H36N2O5/c32-18-24-17-31(27(34)16-25(24)23-6-2-1-3-7-23)21-29(35)13-14-30(20-28(29)11-4-5-12-28)26(33)9-8-22-10-15-36-19-22/h1-3,6-7,16-18,22,35H,4-5,8-15,19-21H2. The summed E-state index contributed by atoms with van der Waals surface area (Å²) in [5.74, 6) is 0.622. The molecule has 2 unspecified atom stereocenters. The van der Waals surface area contributed by atoms with Gasteiger partial charge in [-0.25, -0.2) is 0 Å². The molecular weight excluding hydrogens is 456 g/mol. The number of likely N-dealkylation sites (tertiary alicyclic amines) is 1. The van der Waals surface area contributed by atoms with E-state index >= 15 is 0 Å². The van der Waals surface area contributed by atoms with Crippen molar-refractivity contribution in [3.05, 3.63) is 58.5 Å². The fourth-order valence-corrected chi connectivity index (χ4v) is 6.57. The molecule has 1 saturated carbocycles. The lowest BCUT2D eigenvalue weighted by Gasteiger charge is -2.52. The Balaban J connectivity index is 1.36.